The first-order valence-corrected chi connectivity index (χ1v) is 7.06. The third-order valence-corrected chi connectivity index (χ3v) is 4.56. The quantitative estimate of drug-likeness (QED) is 0.885. The second-order valence-electron chi connectivity index (χ2n) is 4.14. The standard InChI is InChI=1S/C13H12F2N2O2S/c1-17(10-4-2-3-9(16)7-10)20(18,19)11-5-6-12(14)13(15)8-11/h2-8H,16H2,1H3. The molecule has 0 fully saturated rings. The third kappa shape index (κ3) is 2.57. The number of nitrogen functional groups attached to an aromatic ring is 1. The van der Waals surface area contributed by atoms with Crippen LogP contribution < -0.4 is 10.0 Å². The van der Waals surface area contributed by atoms with Gasteiger partial charge in [0.15, 0.2) is 11.6 Å². The largest absolute Gasteiger partial charge is 0.399 e. The van der Waals surface area contributed by atoms with Crippen LogP contribution in [0.1, 0.15) is 0 Å². The number of nitrogens with two attached hydrogens (primary N) is 1. The maximum absolute atomic E-state index is 13.2. The fourth-order valence-electron chi connectivity index (χ4n) is 1.65. The molecule has 0 heterocycles. The molecule has 0 spiro atoms. The topological polar surface area (TPSA) is 63.4 Å². The van der Waals surface area contributed by atoms with Crippen molar-refractivity contribution in [3.05, 3.63) is 54.1 Å². The van der Waals surface area contributed by atoms with Gasteiger partial charge in [0.2, 0.25) is 0 Å². The lowest BCUT2D eigenvalue weighted by Crippen LogP contribution is -2.26. The molecule has 0 atom stereocenters. The van der Waals surface area contributed by atoms with Crippen LogP contribution >= 0.6 is 0 Å². The van der Waals surface area contributed by atoms with Gasteiger partial charge in [-0.05, 0) is 36.4 Å². The molecule has 0 saturated carbocycles. The number of hydrogen-bond acceptors (Lipinski definition) is 3. The molecule has 4 nitrogen and oxygen atoms in total. The Morgan fingerprint density at radius 2 is 1.75 bits per heavy atom. The molecule has 0 saturated heterocycles. The molecular formula is C13H12F2N2O2S. The summed E-state index contributed by atoms with van der Waals surface area (Å²) in [6.07, 6.45) is 0. The van der Waals surface area contributed by atoms with Crippen LogP contribution in [0, 0.1) is 11.6 Å². The van der Waals surface area contributed by atoms with Crippen LogP contribution in [-0.2, 0) is 10.0 Å². The Morgan fingerprint density at radius 3 is 2.35 bits per heavy atom. The lowest BCUT2D eigenvalue weighted by Gasteiger charge is -2.19. The van der Waals surface area contributed by atoms with Crippen molar-refractivity contribution in [1.82, 2.24) is 0 Å². The molecule has 0 aliphatic carbocycles. The first kappa shape index (κ1) is 14.3. The van der Waals surface area contributed by atoms with E-state index in [-0.39, 0.29) is 4.90 Å². The molecule has 0 aliphatic heterocycles. The maximum Gasteiger partial charge on any atom is 0.264 e. The molecule has 0 amide bonds. The molecule has 0 bridgehead atoms. The Kier molecular flexibility index (Phi) is 3.63. The first-order chi connectivity index (χ1) is 9.32. The summed E-state index contributed by atoms with van der Waals surface area (Å²) in [6.45, 7) is 0. The Hall–Kier alpha value is -2.15. The zero-order chi connectivity index (χ0) is 14.9. The fourth-order valence-corrected chi connectivity index (χ4v) is 2.85. The minimum Gasteiger partial charge on any atom is -0.399 e. The van der Waals surface area contributed by atoms with Gasteiger partial charge in [-0.15, -0.1) is 0 Å². The highest BCUT2D eigenvalue weighted by molar-refractivity contribution is 7.92. The Labute approximate surface area is 115 Å². The molecule has 20 heavy (non-hydrogen) atoms. The van der Waals surface area contributed by atoms with Crippen molar-refractivity contribution in [2.24, 2.45) is 0 Å². The molecule has 7 heteroatoms. The zero-order valence-corrected chi connectivity index (χ0v) is 11.4. The highest BCUT2D eigenvalue weighted by Gasteiger charge is 2.22. The van der Waals surface area contributed by atoms with E-state index >= 15 is 0 Å². The van der Waals surface area contributed by atoms with E-state index in [0.29, 0.717) is 17.4 Å². The molecule has 106 valence electrons. The van der Waals surface area contributed by atoms with E-state index in [9.17, 15) is 17.2 Å². The number of hydrogen-bond donors (Lipinski definition) is 1. The van der Waals surface area contributed by atoms with Gasteiger partial charge in [-0.1, -0.05) is 6.07 Å². The number of benzene rings is 2. The molecule has 0 aromatic heterocycles. The third-order valence-electron chi connectivity index (χ3n) is 2.78. The van der Waals surface area contributed by atoms with Crippen molar-refractivity contribution in [2.75, 3.05) is 17.1 Å². The normalized spacial score (nSPS) is 11.3. The molecule has 2 rings (SSSR count). The second-order valence-corrected chi connectivity index (χ2v) is 6.11. The highest BCUT2D eigenvalue weighted by Crippen LogP contribution is 2.24. The van der Waals surface area contributed by atoms with Crippen molar-refractivity contribution in [3.8, 4) is 0 Å². The molecular weight excluding hydrogens is 286 g/mol. The van der Waals surface area contributed by atoms with Gasteiger partial charge in [-0.3, -0.25) is 4.31 Å². The molecule has 0 radical (unpaired) electrons. The van der Waals surface area contributed by atoms with Gasteiger partial charge in [0.25, 0.3) is 10.0 Å². The highest BCUT2D eigenvalue weighted by atomic mass is 32.2. The van der Waals surface area contributed by atoms with Gasteiger partial charge >= 0.3 is 0 Å². The van der Waals surface area contributed by atoms with E-state index in [2.05, 4.69) is 0 Å². The molecule has 0 aliphatic rings. The fraction of sp³-hybridized carbons (Fsp3) is 0.0769. The number of sulfonamides is 1. The summed E-state index contributed by atoms with van der Waals surface area (Å²) in [6, 6.07) is 8.66. The number of anilines is 2. The minimum atomic E-state index is -3.98. The van der Waals surface area contributed by atoms with Crippen molar-refractivity contribution in [2.45, 2.75) is 4.90 Å². The Balaban J connectivity index is 2.46. The van der Waals surface area contributed by atoms with Crippen molar-refractivity contribution >= 4 is 21.4 Å². The zero-order valence-electron chi connectivity index (χ0n) is 10.5. The van der Waals surface area contributed by atoms with Crippen LogP contribution in [0.5, 0.6) is 0 Å². The van der Waals surface area contributed by atoms with E-state index in [1.165, 1.54) is 13.1 Å². The van der Waals surface area contributed by atoms with E-state index < -0.39 is 21.7 Å². The summed E-state index contributed by atoms with van der Waals surface area (Å²) in [5, 5.41) is 0. The van der Waals surface area contributed by atoms with Gasteiger partial charge in [-0.25, -0.2) is 17.2 Å². The van der Waals surface area contributed by atoms with Crippen molar-refractivity contribution in [3.63, 3.8) is 0 Å². The predicted molar refractivity (Wildman–Crippen MR) is 72.8 cm³/mol. The number of rotatable bonds is 3. The minimum absolute atomic E-state index is 0.328. The van der Waals surface area contributed by atoms with Crippen LogP contribution in [0.2, 0.25) is 0 Å². The van der Waals surface area contributed by atoms with Crippen molar-refractivity contribution < 1.29 is 17.2 Å². The monoisotopic (exact) mass is 298 g/mol. The summed E-state index contributed by atoms with van der Waals surface area (Å²) in [5.74, 6) is -2.32. The van der Waals surface area contributed by atoms with E-state index in [1.54, 1.807) is 18.2 Å². The van der Waals surface area contributed by atoms with Crippen LogP contribution in [0.15, 0.2) is 47.4 Å². The van der Waals surface area contributed by atoms with Crippen LogP contribution in [-0.4, -0.2) is 15.5 Å². The maximum atomic E-state index is 13.2. The lowest BCUT2D eigenvalue weighted by molar-refractivity contribution is 0.504. The molecule has 2 aromatic carbocycles. The first-order valence-electron chi connectivity index (χ1n) is 5.62. The molecule has 0 unspecified atom stereocenters. The summed E-state index contributed by atoms with van der Waals surface area (Å²) >= 11 is 0. The second kappa shape index (κ2) is 5.09. The van der Waals surface area contributed by atoms with Gasteiger partial charge in [0.1, 0.15) is 0 Å². The average Bonchev–Trinajstić information content (AvgIpc) is 2.40. The van der Waals surface area contributed by atoms with Gasteiger partial charge in [-0.2, -0.15) is 0 Å². The van der Waals surface area contributed by atoms with Crippen molar-refractivity contribution in [1.29, 1.82) is 0 Å². The molecule has 2 N–H and O–H groups in total. The Bertz CT molecular complexity index is 748. The van der Waals surface area contributed by atoms with Crippen LogP contribution in [0.25, 0.3) is 0 Å². The van der Waals surface area contributed by atoms with Crippen LogP contribution in [0.4, 0.5) is 20.2 Å². The van der Waals surface area contributed by atoms with Crippen LogP contribution in [0.3, 0.4) is 0 Å². The van der Waals surface area contributed by atoms with Gasteiger partial charge in [0.05, 0.1) is 10.6 Å². The lowest BCUT2D eigenvalue weighted by atomic mass is 10.3. The molecule has 2 aromatic rings. The van der Waals surface area contributed by atoms with E-state index in [4.69, 9.17) is 5.73 Å². The predicted octanol–water partition coefficient (Wildman–Crippen LogP) is 2.37. The SMILES string of the molecule is CN(c1cccc(N)c1)S(=O)(=O)c1ccc(F)c(F)c1. The number of nitrogens with zero attached hydrogens (tertiary/aromatic N) is 1. The Morgan fingerprint density at radius 1 is 1.05 bits per heavy atom. The smallest absolute Gasteiger partial charge is 0.264 e. The summed E-state index contributed by atoms with van der Waals surface area (Å²) in [4.78, 5) is -0.332. The summed E-state index contributed by atoms with van der Waals surface area (Å²) < 4.78 is 51.6. The number of halogens is 2. The average molecular weight is 298 g/mol. The summed E-state index contributed by atoms with van der Waals surface area (Å²) in [7, 11) is -2.67. The van der Waals surface area contributed by atoms with Gasteiger partial charge in [0, 0.05) is 12.7 Å². The summed E-state index contributed by atoms with van der Waals surface area (Å²) in [5.41, 5.74) is 6.32. The van der Waals surface area contributed by atoms with Gasteiger partial charge < -0.3 is 5.73 Å². The van der Waals surface area contributed by atoms with E-state index in [0.717, 1.165) is 16.4 Å². The van der Waals surface area contributed by atoms with E-state index in [1.807, 2.05) is 0 Å².